The van der Waals surface area contributed by atoms with E-state index in [1.54, 1.807) is 7.11 Å². The van der Waals surface area contributed by atoms with Crippen LogP contribution >= 0.6 is 0 Å². The van der Waals surface area contributed by atoms with Crippen molar-refractivity contribution in [3.8, 4) is 0 Å². The number of rotatable bonds is 1. The number of fused-ring (bicyclic) bond motifs is 5. The van der Waals surface area contributed by atoms with Gasteiger partial charge in [0.25, 0.3) is 0 Å². The van der Waals surface area contributed by atoms with Crippen LogP contribution in [-0.2, 0) is 9.53 Å². The number of esters is 1. The summed E-state index contributed by atoms with van der Waals surface area (Å²) in [5, 5.41) is 11.8. The zero-order valence-corrected chi connectivity index (χ0v) is 16.9. The molecular formula is C24H32O3. The summed E-state index contributed by atoms with van der Waals surface area (Å²) in [6, 6.07) is 0. The maximum atomic E-state index is 13.3. The van der Waals surface area contributed by atoms with Crippen LogP contribution in [0.4, 0.5) is 0 Å². The highest BCUT2D eigenvalue weighted by molar-refractivity contribution is 5.78. The molecule has 0 aromatic rings. The van der Waals surface area contributed by atoms with Crippen molar-refractivity contribution < 1.29 is 14.6 Å². The van der Waals surface area contributed by atoms with E-state index in [-0.39, 0.29) is 28.3 Å². The van der Waals surface area contributed by atoms with Gasteiger partial charge < -0.3 is 9.84 Å². The molecule has 0 amide bonds. The summed E-state index contributed by atoms with van der Waals surface area (Å²) in [7, 11) is 1.60. The third-order valence-electron chi connectivity index (χ3n) is 12.0. The van der Waals surface area contributed by atoms with Gasteiger partial charge in [-0.1, -0.05) is 26.0 Å². The van der Waals surface area contributed by atoms with Crippen LogP contribution in [0.1, 0.15) is 40.0 Å². The molecule has 0 radical (unpaired) electrons. The second-order valence-corrected chi connectivity index (χ2v) is 11.9. The Labute approximate surface area is 161 Å². The summed E-state index contributed by atoms with van der Waals surface area (Å²) in [4.78, 5) is 13.3. The number of methoxy groups -OCH3 is 1. The Balaban J connectivity index is 1.52. The van der Waals surface area contributed by atoms with E-state index in [1.807, 2.05) is 0 Å². The summed E-state index contributed by atoms with van der Waals surface area (Å²) in [6.07, 6.45) is 8.13. The standard InChI is InChI=1S/C24H32O3/c1-22-9-8-12-17-14-13-15(23(2,20(22)25)19(14)18(12)22)10-6-5-7-11(10)16(13)24(17,3)21(26)27-4/h5-6,10-20,25H,7-9H2,1-4H3/t10-,11-,12+,13-,14-,15-,16-,17+,18-,19-,20-,22+,23-,24+/m0/s1. The van der Waals surface area contributed by atoms with Crippen molar-refractivity contribution in [1.82, 2.24) is 0 Å². The Kier molecular flexibility index (Phi) is 2.49. The van der Waals surface area contributed by atoms with Crippen LogP contribution < -0.4 is 0 Å². The first-order valence-electron chi connectivity index (χ1n) is 11.3. The fourth-order valence-corrected chi connectivity index (χ4v) is 12.0. The van der Waals surface area contributed by atoms with Crippen molar-refractivity contribution in [2.75, 3.05) is 7.11 Å². The zero-order chi connectivity index (χ0) is 18.7. The van der Waals surface area contributed by atoms with Crippen molar-refractivity contribution >= 4 is 5.97 Å². The van der Waals surface area contributed by atoms with Crippen molar-refractivity contribution in [2.45, 2.75) is 46.1 Å². The largest absolute Gasteiger partial charge is 0.469 e. The predicted molar refractivity (Wildman–Crippen MR) is 100 cm³/mol. The molecule has 0 aromatic heterocycles. The van der Waals surface area contributed by atoms with E-state index in [2.05, 4.69) is 32.9 Å². The Morgan fingerprint density at radius 3 is 2.48 bits per heavy atom. The Morgan fingerprint density at radius 2 is 1.74 bits per heavy atom. The Bertz CT molecular complexity index is 803. The Morgan fingerprint density at radius 1 is 1.04 bits per heavy atom. The summed E-state index contributed by atoms with van der Waals surface area (Å²) in [5.41, 5.74) is -0.210. The minimum absolute atomic E-state index is 0.0476. The molecule has 6 saturated carbocycles. The summed E-state index contributed by atoms with van der Waals surface area (Å²) >= 11 is 0. The molecule has 14 atom stereocenters. The van der Waals surface area contributed by atoms with Gasteiger partial charge in [0.15, 0.2) is 0 Å². The summed E-state index contributed by atoms with van der Waals surface area (Å²) in [6.45, 7) is 7.12. The van der Waals surface area contributed by atoms with Gasteiger partial charge in [-0.2, -0.15) is 0 Å². The SMILES string of the molecule is COC(=O)[C@@]1(C)[C@@H]2[C@H]3CC[C@]4(C)[C@@H]3[C@@H]3[C@H]2[C@@H]2[C@@H]1[C@H]1CC=C[C@@H]1[C@@H]2[C@]3(C)[C@H]4O. The fourth-order valence-electron chi connectivity index (χ4n) is 12.0. The summed E-state index contributed by atoms with van der Waals surface area (Å²) < 4.78 is 5.50. The van der Waals surface area contributed by atoms with E-state index < -0.39 is 0 Å². The van der Waals surface area contributed by atoms with Gasteiger partial charge in [0, 0.05) is 5.41 Å². The molecule has 27 heavy (non-hydrogen) atoms. The number of carbonyl (C=O) groups excluding carboxylic acids is 1. The smallest absolute Gasteiger partial charge is 0.312 e. The van der Waals surface area contributed by atoms with E-state index in [9.17, 15) is 9.90 Å². The molecule has 0 unspecified atom stereocenters. The van der Waals surface area contributed by atoms with Crippen LogP contribution in [-0.4, -0.2) is 24.3 Å². The topological polar surface area (TPSA) is 46.5 Å². The number of carbonyl (C=O) groups is 1. The average molecular weight is 369 g/mol. The molecule has 146 valence electrons. The first kappa shape index (κ1) is 16.0. The summed E-state index contributed by atoms with van der Waals surface area (Å²) in [5.74, 6) is 5.83. The van der Waals surface area contributed by atoms with Crippen molar-refractivity contribution in [3.05, 3.63) is 12.2 Å². The molecule has 0 heterocycles. The van der Waals surface area contributed by atoms with E-state index in [0.29, 0.717) is 59.2 Å². The van der Waals surface area contributed by atoms with Gasteiger partial charge in [-0.25, -0.2) is 0 Å². The highest BCUT2D eigenvalue weighted by atomic mass is 16.5. The highest BCUT2D eigenvalue weighted by Gasteiger charge is 2.88. The Hall–Kier alpha value is -0.830. The maximum absolute atomic E-state index is 13.3. The van der Waals surface area contributed by atoms with E-state index in [4.69, 9.17) is 4.74 Å². The molecule has 7 aliphatic carbocycles. The lowest BCUT2D eigenvalue weighted by Crippen LogP contribution is -2.45. The number of hydrogen-bond donors (Lipinski definition) is 1. The van der Waals surface area contributed by atoms with Crippen molar-refractivity contribution in [3.63, 3.8) is 0 Å². The number of aliphatic hydroxyl groups excluding tert-OH is 1. The zero-order valence-electron chi connectivity index (χ0n) is 16.9. The van der Waals surface area contributed by atoms with Gasteiger partial charge in [-0.05, 0) is 90.8 Å². The number of allylic oxidation sites excluding steroid dienone is 2. The van der Waals surface area contributed by atoms with Crippen LogP contribution in [0, 0.1) is 75.4 Å². The third-order valence-corrected chi connectivity index (χ3v) is 12.0. The third kappa shape index (κ3) is 1.22. The molecule has 3 heteroatoms. The minimum Gasteiger partial charge on any atom is -0.469 e. The van der Waals surface area contributed by atoms with Crippen LogP contribution in [0.15, 0.2) is 12.2 Å². The van der Waals surface area contributed by atoms with Gasteiger partial charge in [0.1, 0.15) is 0 Å². The maximum Gasteiger partial charge on any atom is 0.312 e. The van der Waals surface area contributed by atoms with Crippen LogP contribution in [0.3, 0.4) is 0 Å². The molecule has 0 aliphatic heterocycles. The molecule has 7 rings (SSSR count). The molecule has 7 aliphatic rings. The van der Waals surface area contributed by atoms with Crippen LogP contribution in [0.5, 0.6) is 0 Å². The van der Waals surface area contributed by atoms with E-state index in [1.165, 1.54) is 6.42 Å². The predicted octanol–water partition coefficient (Wildman–Crippen LogP) is 3.52. The molecule has 0 saturated heterocycles. The molecule has 0 spiro atoms. The quantitative estimate of drug-likeness (QED) is 0.569. The van der Waals surface area contributed by atoms with Crippen molar-refractivity contribution in [1.29, 1.82) is 0 Å². The van der Waals surface area contributed by atoms with E-state index in [0.717, 1.165) is 12.8 Å². The van der Waals surface area contributed by atoms with Gasteiger partial charge in [0.2, 0.25) is 0 Å². The number of aliphatic hydroxyl groups is 1. The molecule has 3 nitrogen and oxygen atoms in total. The first-order chi connectivity index (χ1) is 12.8. The first-order valence-corrected chi connectivity index (χ1v) is 11.3. The lowest BCUT2D eigenvalue weighted by molar-refractivity contribution is -0.160. The normalized spacial score (nSPS) is 70.8. The second kappa shape index (κ2) is 4.20. The van der Waals surface area contributed by atoms with Gasteiger partial charge in [-0.3, -0.25) is 4.79 Å². The highest BCUT2D eigenvalue weighted by Crippen LogP contribution is 2.89. The van der Waals surface area contributed by atoms with Crippen molar-refractivity contribution in [2.24, 2.45) is 75.4 Å². The van der Waals surface area contributed by atoms with Crippen LogP contribution in [0.2, 0.25) is 0 Å². The average Bonchev–Trinajstić information content (AvgIpc) is 3.42. The molecule has 0 bridgehead atoms. The monoisotopic (exact) mass is 368 g/mol. The molecular weight excluding hydrogens is 336 g/mol. The molecule has 1 N–H and O–H groups in total. The lowest BCUT2D eigenvalue weighted by atomic mass is 9.64. The van der Waals surface area contributed by atoms with Crippen LogP contribution in [0.25, 0.3) is 0 Å². The molecule has 0 aromatic carbocycles. The minimum atomic E-state index is -0.319. The lowest BCUT2D eigenvalue weighted by Gasteiger charge is -2.41. The fraction of sp³-hybridized carbons (Fsp3) is 0.875. The number of ether oxygens (including phenoxy) is 1. The molecule has 6 fully saturated rings. The second-order valence-electron chi connectivity index (χ2n) is 11.9. The van der Waals surface area contributed by atoms with Gasteiger partial charge >= 0.3 is 5.97 Å². The van der Waals surface area contributed by atoms with Gasteiger partial charge in [-0.15, -0.1) is 0 Å². The van der Waals surface area contributed by atoms with E-state index >= 15 is 0 Å². The number of hydrogen-bond acceptors (Lipinski definition) is 3. The van der Waals surface area contributed by atoms with Gasteiger partial charge in [0.05, 0.1) is 18.6 Å².